The molecule has 0 saturated heterocycles. The quantitative estimate of drug-likeness (QED) is 0.418. The van der Waals surface area contributed by atoms with Crippen molar-refractivity contribution in [3.05, 3.63) is 93.6 Å². The van der Waals surface area contributed by atoms with Gasteiger partial charge in [0.05, 0.1) is 5.56 Å². The van der Waals surface area contributed by atoms with Crippen LogP contribution in [0.4, 0.5) is 35.1 Å². The molecule has 0 atom stereocenters. The van der Waals surface area contributed by atoms with Crippen molar-refractivity contribution in [2.24, 2.45) is 0 Å². The predicted molar refractivity (Wildman–Crippen MR) is 88.8 cm³/mol. The first-order valence-electron chi connectivity index (χ1n) is 8.40. The summed E-state index contributed by atoms with van der Waals surface area (Å²) in [6, 6.07) is 6.02. The Balaban J connectivity index is 2.00. The molecule has 0 radical (unpaired) electrons. The SMILES string of the molecule is Fc1nc(F)c(F)c(CC2=C(c3c(F)c(F)nc(F)c3F)Cc3ccccc32)c1F. The molecule has 0 N–H and O–H groups in total. The van der Waals surface area contributed by atoms with Crippen LogP contribution in [0.2, 0.25) is 0 Å². The summed E-state index contributed by atoms with van der Waals surface area (Å²) in [6.45, 7) is 0. The molecule has 1 aliphatic carbocycles. The van der Waals surface area contributed by atoms with Gasteiger partial charge in [0.25, 0.3) is 23.8 Å². The second-order valence-corrected chi connectivity index (χ2v) is 6.46. The maximum absolute atomic E-state index is 14.4. The minimum absolute atomic E-state index is 0.156. The molecule has 2 heterocycles. The number of pyridine rings is 2. The first kappa shape index (κ1) is 20.0. The normalized spacial score (nSPS) is 13.2. The number of hydrogen-bond acceptors (Lipinski definition) is 2. The van der Waals surface area contributed by atoms with Crippen LogP contribution in [0.15, 0.2) is 24.3 Å². The Morgan fingerprint density at radius 1 is 0.667 bits per heavy atom. The van der Waals surface area contributed by atoms with Gasteiger partial charge in [0.1, 0.15) is 0 Å². The fourth-order valence-corrected chi connectivity index (χ4v) is 3.48. The number of fused-ring (bicyclic) bond motifs is 1. The van der Waals surface area contributed by atoms with Crippen LogP contribution in [-0.4, -0.2) is 9.97 Å². The lowest BCUT2D eigenvalue weighted by Crippen LogP contribution is -2.09. The molecule has 0 fully saturated rings. The molecule has 1 aromatic carbocycles. The standard InChI is InChI=1S/C20H8F8N2/c21-13-11(14(22)18(26)29-17(13)25)6-9-8-4-2-1-3-7(8)5-10(9)12-15(23)19(27)30-20(28)16(12)24/h1-4H,5-6H2. The molecule has 2 nitrogen and oxygen atoms in total. The van der Waals surface area contributed by atoms with Crippen LogP contribution in [0.3, 0.4) is 0 Å². The van der Waals surface area contributed by atoms with E-state index in [4.69, 9.17) is 0 Å². The third kappa shape index (κ3) is 3.03. The lowest BCUT2D eigenvalue weighted by molar-refractivity contribution is 0.397. The van der Waals surface area contributed by atoms with Crippen molar-refractivity contribution in [1.29, 1.82) is 0 Å². The van der Waals surface area contributed by atoms with E-state index in [-0.39, 0.29) is 23.1 Å². The maximum Gasteiger partial charge on any atom is 0.252 e. The van der Waals surface area contributed by atoms with Gasteiger partial charge in [-0.25, -0.2) is 17.6 Å². The molecule has 0 aliphatic heterocycles. The Morgan fingerprint density at radius 3 is 1.73 bits per heavy atom. The summed E-state index contributed by atoms with van der Waals surface area (Å²) < 4.78 is 111. The van der Waals surface area contributed by atoms with Crippen LogP contribution in [-0.2, 0) is 12.8 Å². The number of benzene rings is 1. The lowest BCUT2D eigenvalue weighted by Gasteiger charge is -2.13. The molecular weight excluding hydrogens is 420 g/mol. The molecule has 4 rings (SSSR count). The van der Waals surface area contributed by atoms with E-state index in [9.17, 15) is 35.1 Å². The van der Waals surface area contributed by atoms with E-state index in [1.54, 1.807) is 6.07 Å². The van der Waals surface area contributed by atoms with E-state index in [1.807, 2.05) is 0 Å². The molecule has 0 unspecified atom stereocenters. The van der Waals surface area contributed by atoms with E-state index >= 15 is 0 Å². The highest BCUT2D eigenvalue weighted by molar-refractivity contribution is 5.98. The molecule has 0 spiro atoms. The van der Waals surface area contributed by atoms with E-state index < -0.39 is 64.6 Å². The highest BCUT2D eigenvalue weighted by Crippen LogP contribution is 2.42. The van der Waals surface area contributed by atoms with E-state index in [0.717, 1.165) is 0 Å². The molecule has 0 bridgehead atoms. The van der Waals surface area contributed by atoms with Gasteiger partial charge in [-0.05, 0) is 28.7 Å². The van der Waals surface area contributed by atoms with Gasteiger partial charge in [0, 0.05) is 12.0 Å². The Kier molecular flexibility index (Phi) is 4.79. The fraction of sp³-hybridized carbons (Fsp3) is 0.100. The van der Waals surface area contributed by atoms with Crippen molar-refractivity contribution in [2.45, 2.75) is 12.8 Å². The second kappa shape index (κ2) is 7.19. The highest BCUT2D eigenvalue weighted by Gasteiger charge is 2.32. The molecule has 1 aliphatic rings. The number of hydrogen-bond donors (Lipinski definition) is 0. The minimum Gasteiger partial charge on any atom is -0.202 e. The Hall–Kier alpha value is -3.30. The first-order chi connectivity index (χ1) is 14.2. The zero-order valence-corrected chi connectivity index (χ0v) is 14.6. The average Bonchev–Trinajstić information content (AvgIpc) is 3.06. The van der Waals surface area contributed by atoms with E-state index in [2.05, 4.69) is 9.97 Å². The summed E-state index contributed by atoms with van der Waals surface area (Å²) in [4.78, 5) is 4.93. The monoisotopic (exact) mass is 428 g/mol. The number of rotatable bonds is 3. The molecular formula is C20H8F8N2. The average molecular weight is 428 g/mol. The van der Waals surface area contributed by atoms with Crippen LogP contribution in [0.5, 0.6) is 0 Å². The molecule has 2 aromatic heterocycles. The summed E-state index contributed by atoms with van der Waals surface area (Å²) in [5.41, 5.74) is -2.00. The van der Waals surface area contributed by atoms with E-state index in [0.29, 0.717) is 5.56 Å². The van der Waals surface area contributed by atoms with Crippen LogP contribution in [0.1, 0.15) is 22.3 Å². The van der Waals surface area contributed by atoms with Gasteiger partial charge in [-0.2, -0.15) is 27.5 Å². The summed E-state index contributed by atoms with van der Waals surface area (Å²) in [5.74, 6) is -14.8. The molecule has 0 saturated carbocycles. The Morgan fingerprint density at radius 2 is 1.17 bits per heavy atom. The lowest BCUT2D eigenvalue weighted by atomic mass is 9.94. The first-order valence-corrected chi connectivity index (χ1v) is 8.40. The largest absolute Gasteiger partial charge is 0.252 e. The summed E-state index contributed by atoms with van der Waals surface area (Å²) in [6.07, 6.45) is -1.10. The van der Waals surface area contributed by atoms with Crippen LogP contribution >= 0.6 is 0 Å². The van der Waals surface area contributed by atoms with Crippen molar-refractivity contribution in [2.75, 3.05) is 0 Å². The Bertz CT molecular complexity index is 1180. The van der Waals surface area contributed by atoms with Crippen molar-refractivity contribution in [3.8, 4) is 0 Å². The number of nitrogens with zero attached hydrogens (tertiary/aromatic N) is 2. The summed E-state index contributed by atoms with van der Waals surface area (Å²) in [5, 5.41) is 0. The van der Waals surface area contributed by atoms with Crippen LogP contribution in [0, 0.1) is 47.1 Å². The third-order valence-corrected chi connectivity index (χ3v) is 4.82. The fourth-order valence-electron chi connectivity index (χ4n) is 3.48. The third-order valence-electron chi connectivity index (χ3n) is 4.82. The number of aromatic nitrogens is 2. The second-order valence-electron chi connectivity index (χ2n) is 6.46. The van der Waals surface area contributed by atoms with Crippen molar-refractivity contribution in [3.63, 3.8) is 0 Å². The maximum atomic E-state index is 14.4. The molecule has 3 aromatic rings. The van der Waals surface area contributed by atoms with Crippen molar-refractivity contribution < 1.29 is 35.1 Å². The van der Waals surface area contributed by atoms with E-state index in [1.165, 1.54) is 18.2 Å². The zero-order valence-electron chi connectivity index (χ0n) is 14.6. The summed E-state index contributed by atoms with van der Waals surface area (Å²) in [7, 11) is 0. The summed E-state index contributed by atoms with van der Waals surface area (Å²) >= 11 is 0. The van der Waals surface area contributed by atoms with Crippen LogP contribution < -0.4 is 0 Å². The van der Waals surface area contributed by atoms with Gasteiger partial charge < -0.3 is 0 Å². The van der Waals surface area contributed by atoms with Gasteiger partial charge in [-0.1, -0.05) is 24.3 Å². The molecule has 154 valence electrons. The topological polar surface area (TPSA) is 25.8 Å². The van der Waals surface area contributed by atoms with Crippen molar-refractivity contribution >= 4 is 11.1 Å². The highest BCUT2D eigenvalue weighted by atomic mass is 19.2. The van der Waals surface area contributed by atoms with Gasteiger partial charge in [0.15, 0.2) is 23.3 Å². The minimum atomic E-state index is -1.91. The zero-order chi connectivity index (χ0) is 21.7. The smallest absolute Gasteiger partial charge is 0.202 e. The number of halogens is 8. The van der Waals surface area contributed by atoms with Gasteiger partial charge in [-0.15, -0.1) is 0 Å². The molecule has 10 heteroatoms. The molecule has 30 heavy (non-hydrogen) atoms. The van der Waals surface area contributed by atoms with Gasteiger partial charge in [0.2, 0.25) is 0 Å². The molecule has 0 amide bonds. The number of allylic oxidation sites excluding steroid dienone is 2. The predicted octanol–water partition coefficient (Wildman–Crippen LogP) is 5.30. The van der Waals surface area contributed by atoms with Crippen molar-refractivity contribution in [1.82, 2.24) is 9.97 Å². The van der Waals surface area contributed by atoms with Gasteiger partial charge >= 0.3 is 0 Å². The Labute approximate surface area is 163 Å². The van der Waals surface area contributed by atoms with Gasteiger partial charge in [-0.3, -0.25) is 0 Å². The van der Waals surface area contributed by atoms with Crippen LogP contribution in [0.25, 0.3) is 11.1 Å².